The van der Waals surface area contributed by atoms with Crippen LogP contribution in [0.3, 0.4) is 0 Å². The molecule has 27 heavy (non-hydrogen) atoms. The Bertz CT molecular complexity index is 1150. The molecule has 1 saturated heterocycles. The van der Waals surface area contributed by atoms with Gasteiger partial charge in [-0.05, 0) is 49.9 Å². The number of nitrogens with one attached hydrogen (secondary N) is 1. The van der Waals surface area contributed by atoms with Crippen molar-refractivity contribution in [2.45, 2.75) is 38.6 Å². The summed E-state index contributed by atoms with van der Waals surface area (Å²) < 4.78 is 6.86. The maximum Gasteiger partial charge on any atom is 0.323 e. The van der Waals surface area contributed by atoms with E-state index in [0.29, 0.717) is 11.9 Å². The predicted octanol–water partition coefficient (Wildman–Crippen LogP) is 3.78. The number of aromatic amines is 1. The van der Waals surface area contributed by atoms with Crippen molar-refractivity contribution in [2.75, 3.05) is 13.1 Å². The standard InChI is InChI=1S/C21H22N4OS/c1-2-21-9-5-10-24-11-8-14-13-6-3-4-7-15(13)25(17(14)18(21)24)16(12-21)19-22-20(26)27-23-19/h3-4,6-7,12,18H,2,5,8-11H2,1H3,(H,22,23,26)/t18-,21+/m1/s1. The molecule has 138 valence electrons. The average molecular weight is 379 g/mol. The highest BCUT2D eigenvalue weighted by Gasteiger charge is 2.50. The molecule has 3 aliphatic rings. The van der Waals surface area contributed by atoms with Gasteiger partial charge in [-0.2, -0.15) is 4.37 Å². The molecule has 6 heteroatoms. The summed E-state index contributed by atoms with van der Waals surface area (Å²) in [7, 11) is 0. The monoisotopic (exact) mass is 378 g/mol. The highest BCUT2D eigenvalue weighted by Crippen LogP contribution is 2.57. The van der Waals surface area contributed by atoms with Crippen LogP contribution in [0.2, 0.25) is 0 Å². The van der Waals surface area contributed by atoms with Crippen LogP contribution in [-0.2, 0) is 6.42 Å². The van der Waals surface area contributed by atoms with Crippen molar-refractivity contribution < 1.29 is 0 Å². The third kappa shape index (κ3) is 1.97. The molecule has 3 aromatic rings. The molecule has 1 N–H and O–H groups in total. The third-order valence-corrected chi connectivity index (χ3v) is 7.47. The Morgan fingerprint density at radius 2 is 2.22 bits per heavy atom. The van der Waals surface area contributed by atoms with Gasteiger partial charge in [0.25, 0.3) is 0 Å². The fourth-order valence-electron chi connectivity index (χ4n) is 5.79. The molecule has 6 rings (SSSR count). The van der Waals surface area contributed by atoms with E-state index in [1.165, 1.54) is 41.5 Å². The average Bonchev–Trinajstić information content (AvgIpc) is 3.28. The molecule has 0 bridgehead atoms. The second kappa shape index (κ2) is 5.42. The molecular weight excluding hydrogens is 356 g/mol. The van der Waals surface area contributed by atoms with Crippen molar-refractivity contribution >= 4 is 28.1 Å². The molecule has 0 spiro atoms. The van der Waals surface area contributed by atoms with Crippen molar-refractivity contribution in [3.05, 3.63) is 57.1 Å². The van der Waals surface area contributed by atoms with E-state index < -0.39 is 0 Å². The van der Waals surface area contributed by atoms with Crippen LogP contribution in [0.4, 0.5) is 0 Å². The van der Waals surface area contributed by atoms with Gasteiger partial charge in [0.1, 0.15) is 0 Å². The molecule has 2 aromatic heterocycles. The number of piperidine rings is 1. The van der Waals surface area contributed by atoms with Gasteiger partial charge in [-0.25, -0.2) is 0 Å². The Hall–Kier alpha value is -2.18. The lowest BCUT2D eigenvalue weighted by molar-refractivity contribution is 0.0271. The van der Waals surface area contributed by atoms with Gasteiger partial charge < -0.3 is 4.57 Å². The van der Waals surface area contributed by atoms with E-state index in [-0.39, 0.29) is 10.3 Å². The molecule has 0 unspecified atom stereocenters. The molecule has 2 atom stereocenters. The Kier molecular flexibility index (Phi) is 3.18. The minimum atomic E-state index is -0.0887. The summed E-state index contributed by atoms with van der Waals surface area (Å²) in [6.45, 7) is 4.64. The quantitative estimate of drug-likeness (QED) is 0.738. The number of hydrogen-bond donors (Lipinski definition) is 1. The normalized spacial score (nSPS) is 26.9. The first-order chi connectivity index (χ1) is 13.2. The van der Waals surface area contributed by atoms with Gasteiger partial charge in [0.05, 0.1) is 17.3 Å². The maximum absolute atomic E-state index is 11.9. The third-order valence-electron chi connectivity index (χ3n) is 6.93. The van der Waals surface area contributed by atoms with Gasteiger partial charge in [0.2, 0.25) is 0 Å². The number of rotatable bonds is 2. The van der Waals surface area contributed by atoms with Crippen molar-refractivity contribution in [3.63, 3.8) is 0 Å². The van der Waals surface area contributed by atoms with Crippen molar-refractivity contribution in [1.82, 2.24) is 18.8 Å². The number of aromatic nitrogens is 3. The van der Waals surface area contributed by atoms with E-state index in [1.54, 1.807) is 0 Å². The molecular formula is C21H22N4OS. The van der Waals surface area contributed by atoms with Crippen molar-refractivity contribution in [3.8, 4) is 0 Å². The van der Waals surface area contributed by atoms with Crippen molar-refractivity contribution in [1.29, 1.82) is 0 Å². The van der Waals surface area contributed by atoms with Gasteiger partial charge in [0.15, 0.2) is 5.82 Å². The summed E-state index contributed by atoms with van der Waals surface area (Å²) in [6.07, 6.45) is 7.07. The summed E-state index contributed by atoms with van der Waals surface area (Å²) in [5.41, 5.74) is 5.35. The first kappa shape index (κ1) is 15.8. The number of para-hydroxylation sites is 1. The van der Waals surface area contributed by atoms with Crippen LogP contribution < -0.4 is 4.87 Å². The maximum atomic E-state index is 11.9. The molecule has 3 aliphatic heterocycles. The van der Waals surface area contributed by atoms with Gasteiger partial charge >= 0.3 is 4.87 Å². The van der Waals surface area contributed by atoms with Gasteiger partial charge in [0, 0.05) is 34.6 Å². The number of hydrogen-bond acceptors (Lipinski definition) is 4. The Morgan fingerprint density at radius 1 is 1.33 bits per heavy atom. The minimum Gasteiger partial charge on any atom is -0.308 e. The van der Waals surface area contributed by atoms with E-state index >= 15 is 0 Å². The lowest BCUT2D eigenvalue weighted by Crippen LogP contribution is -2.50. The number of fused-ring (bicyclic) bond motifs is 3. The molecule has 0 aliphatic carbocycles. The van der Waals surface area contributed by atoms with E-state index in [1.807, 2.05) is 0 Å². The van der Waals surface area contributed by atoms with E-state index in [2.05, 4.69) is 56.1 Å². The Labute approximate surface area is 161 Å². The van der Waals surface area contributed by atoms with E-state index in [0.717, 1.165) is 36.6 Å². The second-order valence-electron chi connectivity index (χ2n) is 8.07. The van der Waals surface area contributed by atoms with Gasteiger partial charge in [-0.3, -0.25) is 14.7 Å². The summed E-state index contributed by atoms with van der Waals surface area (Å²) in [6, 6.07) is 9.14. The Balaban J connectivity index is 1.75. The summed E-state index contributed by atoms with van der Waals surface area (Å²) in [5, 5.41) is 1.35. The topological polar surface area (TPSA) is 53.9 Å². The summed E-state index contributed by atoms with van der Waals surface area (Å²) >= 11 is 1.01. The lowest BCUT2D eigenvalue weighted by Gasteiger charge is -2.53. The first-order valence-corrected chi connectivity index (χ1v) is 10.6. The van der Waals surface area contributed by atoms with Crippen molar-refractivity contribution in [2.24, 2.45) is 5.41 Å². The second-order valence-corrected chi connectivity index (χ2v) is 8.80. The first-order valence-electron chi connectivity index (χ1n) is 9.88. The number of nitrogens with zero attached hydrogens (tertiary/aromatic N) is 3. The lowest BCUT2D eigenvalue weighted by atomic mass is 9.66. The molecule has 0 amide bonds. The van der Waals surface area contributed by atoms with Gasteiger partial charge in [-0.15, -0.1) is 0 Å². The van der Waals surface area contributed by atoms with Crippen LogP contribution in [0.5, 0.6) is 0 Å². The summed E-state index contributed by atoms with van der Waals surface area (Å²) in [4.78, 5) is 17.4. The minimum absolute atomic E-state index is 0.0887. The van der Waals surface area contributed by atoms with E-state index in [9.17, 15) is 4.79 Å². The molecule has 0 radical (unpaired) electrons. The predicted molar refractivity (Wildman–Crippen MR) is 108 cm³/mol. The Morgan fingerprint density at radius 3 is 3.04 bits per heavy atom. The molecule has 5 heterocycles. The fraction of sp³-hybridized carbons (Fsp3) is 0.429. The van der Waals surface area contributed by atoms with E-state index in [4.69, 9.17) is 0 Å². The highest BCUT2D eigenvalue weighted by atomic mass is 32.1. The molecule has 1 aromatic carbocycles. The van der Waals surface area contributed by atoms with Crippen LogP contribution in [0.25, 0.3) is 16.6 Å². The molecule has 0 saturated carbocycles. The smallest absolute Gasteiger partial charge is 0.308 e. The number of H-pyrrole nitrogens is 1. The molecule has 1 fully saturated rings. The van der Waals surface area contributed by atoms with Crippen LogP contribution in [0, 0.1) is 5.41 Å². The van der Waals surface area contributed by atoms with Gasteiger partial charge in [-0.1, -0.05) is 25.1 Å². The van der Waals surface area contributed by atoms with Crippen LogP contribution >= 0.6 is 11.5 Å². The largest absolute Gasteiger partial charge is 0.323 e. The van der Waals surface area contributed by atoms with Crippen LogP contribution in [0.1, 0.15) is 49.3 Å². The highest BCUT2D eigenvalue weighted by molar-refractivity contribution is 7.02. The zero-order valence-electron chi connectivity index (χ0n) is 15.4. The fourth-order valence-corrected chi connectivity index (χ4v) is 6.25. The zero-order valence-corrected chi connectivity index (χ0v) is 16.2. The van der Waals surface area contributed by atoms with Crippen LogP contribution in [-0.4, -0.2) is 31.9 Å². The molecule has 5 nitrogen and oxygen atoms in total. The summed E-state index contributed by atoms with van der Waals surface area (Å²) in [5.74, 6) is 0.711. The SMILES string of the molecule is CC[C@@]12C=C(c3nsc(=O)[nH]3)n3c4c(c5ccccc53)CCN(CCC1)[C@H]42. The number of benzene rings is 1. The zero-order chi connectivity index (χ0) is 18.2. The van der Waals surface area contributed by atoms with Crippen LogP contribution in [0.15, 0.2) is 35.1 Å².